The fourth-order valence-corrected chi connectivity index (χ4v) is 4.11. The van der Waals surface area contributed by atoms with Crippen molar-refractivity contribution in [2.24, 2.45) is 5.92 Å². The number of hydrogen-bond donors (Lipinski definition) is 2. The molecule has 0 saturated heterocycles. The normalized spacial score (nSPS) is 23.4. The lowest BCUT2D eigenvalue weighted by atomic mass is 9.82. The molecule has 1 saturated carbocycles. The van der Waals surface area contributed by atoms with E-state index in [0.29, 0.717) is 23.9 Å². The van der Waals surface area contributed by atoms with Gasteiger partial charge in [-0.3, -0.25) is 0 Å². The van der Waals surface area contributed by atoms with Gasteiger partial charge in [-0.15, -0.1) is 0 Å². The minimum Gasteiger partial charge on any atom is -0.398 e. The van der Waals surface area contributed by atoms with Gasteiger partial charge in [0.15, 0.2) is 0 Å². The Morgan fingerprint density at radius 2 is 2.11 bits per heavy atom. The zero-order valence-corrected chi connectivity index (χ0v) is 13.0. The zero-order valence-electron chi connectivity index (χ0n) is 10.6. The Labute approximate surface area is 121 Å². The van der Waals surface area contributed by atoms with Crippen LogP contribution in [-0.2, 0) is 10.0 Å². The van der Waals surface area contributed by atoms with E-state index in [1.807, 2.05) is 0 Å². The van der Waals surface area contributed by atoms with Gasteiger partial charge in [-0.05, 0) is 37.0 Å². The van der Waals surface area contributed by atoms with Crippen LogP contribution in [0.25, 0.3) is 0 Å². The summed E-state index contributed by atoms with van der Waals surface area (Å²) in [7, 11) is -2.04. The van der Waals surface area contributed by atoms with E-state index < -0.39 is 10.0 Å². The van der Waals surface area contributed by atoms with Crippen LogP contribution in [0.1, 0.15) is 12.8 Å². The largest absolute Gasteiger partial charge is 0.398 e. The number of anilines is 1. The number of nitrogen functional groups attached to an aromatic ring is 1. The molecule has 1 aliphatic carbocycles. The number of sulfonamides is 1. The monoisotopic (exact) mass is 348 g/mol. The van der Waals surface area contributed by atoms with E-state index >= 15 is 0 Å². The van der Waals surface area contributed by atoms with Crippen molar-refractivity contribution in [2.45, 2.75) is 23.8 Å². The Morgan fingerprint density at radius 3 is 2.68 bits per heavy atom. The van der Waals surface area contributed by atoms with Crippen LogP contribution in [0.5, 0.6) is 0 Å². The number of hydrogen-bond acceptors (Lipinski definition) is 4. The molecule has 3 N–H and O–H groups in total. The highest BCUT2D eigenvalue weighted by Gasteiger charge is 2.32. The molecule has 0 amide bonds. The first-order valence-electron chi connectivity index (χ1n) is 6.00. The van der Waals surface area contributed by atoms with Gasteiger partial charge < -0.3 is 10.8 Å². The van der Waals surface area contributed by atoms with Crippen LogP contribution in [0.4, 0.5) is 5.69 Å². The smallest absolute Gasteiger partial charge is 0.244 e. The Bertz CT molecular complexity index is 570. The molecule has 0 spiro atoms. The van der Waals surface area contributed by atoms with Crippen molar-refractivity contribution < 1.29 is 13.5 Å². The van der Waals surface area contributed by atoms with Crippen molar-refractivity contribution in [3.8, 4) is 0 Å². The number of rotatable bonds is 4. The first-order chi connectivity index (χ1) is 8.80. The van der Waals surface area contributed by atoms with Gasteiger partial charge in [0.1, 0.15) is 4.90 Å². The summed E-state index contributed by atoms with van der Waals surface area (Å²) in [5, 5.41) is 9.24. The van der Waals surface area contributed by atoms with Crippen molar-refractivity contribution in [1.82, 2.24) is 4.31 Å². The molecule has 1 aromatic carbocycles. The molecule has 0 atom stereocenters. The van der Waals surface area contributed by atoms with Crippen LogP contribution in [-0.4, -0.2) is 37.5 Å². The summed E-state index contributed by atoms with van der Waals surface area (Å²) in [5.74, 6) is 0.225. The van der Waals surface area contributed by atoms with E-state index in [4.69, 9.17) is 5.73 Å². The summed E-state index contributed by atoms with van der Waals surface area (Å²) in [6, 6.07) is 4.78. The van der Waals surface area contributed by atoms with Gasteiger partial charge >= 0.3 is 0 Å². The molecule has 0 aromatic heterocycles. The van der Waals surface area contributed by atoms with Crippen molar-refractivity contribution in [2.75, 3.05) is 19.3 Å². The lowest BCUT2D eigenvalue weighted by Gasteiger charge is -2.34. The summed E-state index contributed by atoms with van der Waals surface area (Å²) in [4.78, 5) is 0.115. The van der Waals surface area contributed by atoms with E-state index in [0.717, 1.165) is 0 Å². The quantitative estimate of drug-likeness (QED) is 0.806. The SMILES string of the molecule is CN(CC1CC(O)C1)S(=O)(=O)c1cc(Br)ccc1N. The molecule has 0 unspecified atom stereocenters. The van der Waals surface area contributed by atoms with Crippen LogP contribution in [0.2, 0.25) is 0 Å². The standard InChI is InChI=1S/C12H17BrN2O3S/c1-15(7-8-4-10(16)5-8)19(17,18)12-6-9(13)2-3-11(12)14/h2-3,6,8,10,16H,4-5,7,14H2,1H3. The highest BCUT2D eigenvalue weighted by atomic mass is 79.9. The van der Waals surface area contributed by atoms with Gasteiger partial charge in [-0.1, -0.05) is 15.9 Å². The second kappa shape index (κ2) is 5.40. The topological polar surface area (TPSA) is 83.6 Å². The molecule has 5 nitrogen and oxygen atoms in total. The molecule has 0 aliphatic heterocycles. The maximum atomic E-state index is 12.4. The molecule has 0 radical (unpaired) electrons. The van der Waals surface area contributed by atoms with Gasteiger partial charge in [-0.25, -0.2) is 12.7 Å². The lowest BCUT2D eigenvalue weighted by molar-refractivity contribution is 0.0367. The average molecular weight is 349 g/mol. The fraction of sp³-hybridized carbons (Fsp3) is 0.500. The zero-order chi connectivity index (χ0) is 14.2. The summed E-state index contributed by atoms with van der Waals surface area (Å²) in [6.45, 7) is 0.408. The molecule has 0 bridgehead atoms. The van der Waals surface area contributed by atoms with Crippen LogP contribution in [0, 0.1) is 5.92 Å². The van der Waals surface area contributed by atoms with Crippen LogP contribution in [0.15, 0.2) is 27.6 Å². The maximum Gasteiger partial charge on any atom is 0.244 e. The van der Waals surface area contributed by atoms with Crippen LogP contribution < -0.4 is 5.73 Å². The Kier molecular flexibility index (Phi) is 4.20. The van der Waals surface area contributed by atoms with Gasteiger partial charge in [0.25, 0.3) is 0 Å². The number of aliphatic hydroxyl groups is 1. The first-order valence-corrected chi connectivity index (χ1v) is 8.23. The van der Waals surface area contributed by atoms with Gasteiger partial charge in [0.2, 0.25) is 10.0 Å². The van der Waals surface area contributed by atoms with Crippen molar-refractivity contribution >= 4 is 31.6 Å². The molecule has 106 valence electrons. The predicted octanol–water partition coefficient (Wildman–Crippen LogP) is 1.42. The van der Waals surface area contributed by atoms with Crippen LogP contribution in [0.3, 0.4) is 0 Å². The van der Waals surface area contributed by atoms with Crippen LogP contribution >= 0.6 is 15.9 Å². The van der Waals surface area contributed by atoms with Crippen molar-refractivity contribution in [1.29, 1.82) is 0 Å². The maximum absolute atomic E-state index is 12.4. The Morgan fingerprint density at radius 1 is 1.47 bits per heavy atom. The molecule has 1 aromatic rings. The third kappa shape index (κ3) is 3.10. The van der Waals surface area contributed by atoms with Gasteiger partial charge in [0, 0.05) is 18.1 Å². The second-order valence-corrected chi connectivity index (χ2v) is 7.89. The highest BCUT2D eigenvalue weighted by molar-refractivity contribution is 9.10. The summed E-state index contributed by atoms with van der Waals surface area (Å²) < 4.78 is 26.8. The number of aliphatic hydroxyl groups excluding tert-OH is 1. The molecule has 7 heteroatoms. The van der Waals surface area contributed by atoms with Crippen molar-refractivity contribution in [3.63, 3.8) is 0 Å². The summed E-state index contributed by atoms with van der Waals surface area (Å²) in [5.41, 5.74) is 5.99. The van der Waals surface area contributed by atoms with Crippen molar-refractivity contribution in [3.05, 3.63) is 22.7 Å². The third-order valence-electron chi connectivity index (χ3n) is 3.39. The second-order valence-electron chi connectivity index (χ2n) is 4.96. The highest BCUT2D eigenvalue weighted by Crippen LogP contribution is 2.31. The number of nitrogens with zero attached hydrogens (tertiary/aromatic N) is 1. The number of halogens is 1. The molecule has 1 aliphatic rings. The van der Waals surface area contributed by atoms with Gasteiger partial charge in [-0.2, -0.15) is 0 Å². The Balaban J connectivity index is 2.19. The minimum absolute atomic E-state index is 0.115. The predicted molar refractivity (Wildman–Crippen MR) is 77.1 cm³/mol. The minimum atomic E-state index is -3.58. The van der Waals surface area contributed by atoms with E-state index in [-0.39, 0.29) is 22.6 Å². The Hall–Kier alpha value is -0.630. The van der Waals surface area contributed by atoms with E-state index in [1.165, 1.54) is 10.4 Å². The first kappa shape index (κ1) is 14.8. The fourth-order valence-electron chi connectivity index (χ4n) is 2.21. The molecule has 19 heavy (non-hydrogen) atoms. The molecule has 1 fully saturated rings. The molecule has 2 rings (SSSR count). The summed E-state index contributed by atoms with van der Waals surface area (Å²) in [6.07, 6.45) is 1.04. The lowest BCUT2D eigenvalue weighted by Crippen LogP contribution is -2.39. The molecular formula is C12H17BrN2O3S. The number of nitrogens with two attached hydrogens (primary N) is 1. The third-order valence-corrected chi connectivity index (χ3v) is 5.76. The summed E-state index contributed by atoms with van der Waals surface area (Å²) >= 11 is 3.25. The van der Waals surface area contributed by atoms with E-state index in [1.54, 1.807) is 19.2 Å². The number of benzene rings is 1. The molecule has 0 heterocycles. The van der Waals surface area contributed by atoms with E-state index in [2.05, 4.69) is 15.9 Å². The van der Waals surface area contributed by atoms with E-state index in [9.17, 15) is 13.5 Å². The average Bonchev–Trinajstić information content (AvgIpc) is 2.30. The molecular weight excluding hydrogens is 332 g/mol. The van der Waals surface area contributed by atoms with Gasteiger partial charge in [0.05, 0.1) is 11.8 Å².